The molecule has 0 radical (unpaired) electrons. The van der Waals surface area contributed by atoms with Crippen LogP contribution in [0, 0.1) is 11.7 Å². The van der Waals surface area contributed by atoms with Gasteiger partial charge in [0.25, 0.3) is 0 Å². The summed E-state index contributed by atoms with van der Waals surface area (Å²) in [5.41, 5.74) is 7.49. The number of imidazole rings is 1. The van der Waals surface area contributed by atoms with E-state index in [0.717, 1.165) is 17.8 Å². The lowest BCUT2D eigenvalue weighted by Gasteiger charge is -2.18. The van der Waals surface area contributed by atoms with Crippen LogP contribution in [0.1, 0.15) is 52.0 Å². The maximum Gasteiger partial charge on any atom is 0.151 e. The molecule has 4 heteroatoms. The summed E-state index contributed by atoms with van der Waals surface area (Å²) in [7, 11) is 0. The fraction of sp³-hybridized carbons (Fsp3) is 0.533. The van der Waals surface area contributed by atoms with Crippen LogP contribution in [-0.2, 0) is 0 Å². The predicted octanol–water partition coefficient (Wildman–Crippen LogP) is 3.80. The molecule has 104 valence electrons. The predicted molar refractivity (Wildman–Crippen MR) is 76.5 cm³/mol. The smallest absolute Gasteiger partial charge is 0.151 e. The van der Waals surface area contributed by atoms with Crippen LogP contribution in [0.4, 0.5) is 4.39 Å². The lowest BCUT2D eigenvalue weighted by Crippen LogP contribution is -2.19. The topological polar surface area (TPSA) is 43.8 Å². The van der Waals surface area contributed by atoms with Crippen molar-refractivity contribution in [3.8, 4) is 0 Å². The van der Waals surface area contributed by atoms with Crippen molar-refractivity contribution in [3.63, 3.8) is 0 Å². The van der Waals surface area contributed by atoms with E-state index in [-0.39, 0.29) is 17.9 Å². The molecule has 1 atom stereocenters. The molecule has 1 aromatic carbocycles. The second kappa shape index (κ2) is 5.29. The Kier molecular flexibility index (Phi) is 3.90. The molecule has 3 nitrogen and oxygen atoms in total. The highest BCUT2D eigenvalue weighted by molar-refractivity contribution is 5.77. The summed E-state index contributed by atoms with van der Waals surface area (Å²) >= 11 is 0. The summed E-state index contributed by atoms with van der Waals surface area (Å²) in [6.07, 6.45) is 0.845. The van der Waals surface area contributed by atoms with E-state index in [4.69, 9.17) is 5.73 Å². The van der Waals surface area contributed by atoms with Gasteiger partial charge in [-0.2, -0.15) is 0 Å². The number of halogens is 1. The molecule has 0 saturated carbocycles. The highest BCUT2D eigenvalue weighted by Gasteiger charge is 2.21. The van der Waals surface area contributed by atoms with E-state index in [1.54, 1.807) is 6.07 Å². The molecule has 0 fully saturated rings. The van der Waals surface area contributed by atoms with Crippen molar-refractivity contribution in [2.45, 2.75) is 46.2 Å². The summed E-state index contributed by atoms with van der Waals surface area (Å²) < 4.78 is 15.9. The van der Waals surface area contributed by atoms with Gasteiger partial charge in [0.1, 0.15) is 11.3 Å². The second-order valence-corrected chi connectivity index (χ2v) is 5.78. The SMILES string of the molecule is CC(C)CC(N)c1nc2c(F)cccc2n1C(C)C. The Balaban J connectivity index is 2.59. The first kappa shape index (κ1) is 14.0. The molecule has 0 spiro atoms. The third-order valence-corrected chi connectivity index (χ3v) is 3.27. The van der Waals surface area contributed by atoms with Gasteiger partial charge < -0.3 is 10.3 Å². The molecule has 2 N–H and O–H groups in total. The number of hydrogen-bond donors (Lipinski definition) is 1. The van der Waals surface area contributed by atoms with Crippen LogP contribution in [0.5, 0.6) is 0 Å². The van der Waals surface area contributed by atoms with Gasteiger partial charge in [-0.1, -0.05) is 19.9 Å². The van der Waals surface area contributed by atoms with Gasteiger partial charge in [0.05, 0.1) is 11.6 Å². The van der Waals surface area contributed by atoms with Crippen LogP contribution in [-0.4, -0.2) is 9.55 Å². The minimum absolute atomic E-state index is 0.158. The average molecular weight is 263 g/mol. The molecule has 0 saturated heterocycles. The molecule has 0 aliphatic rings. The van der Waals surface area contributed by atoms with Crippen molar-refractivity contribution in [1.29, 1.82) is 0 Å². The monoisotopic (exact) mass is 263 g/mol. The van der Waals surface area contributed by atoms with Gasteiger partial charge in [0.2, 0.25) is 0 Å². The molecule has 0 aliphatic carbocycles. The van der Waals surface area contributed by atoms with Gasteiger partial charge in [-0.3, -0.25) is 0 Å². The normalized spacial score (nSPS) is 13.7. The maximum absolute atomic E-state index is 13.9. The van der Waals surface area contributed by atoms with Crippen LogP contribution < -0.4 is 5.73 Å². The quantitative estimate of drug-likeness (QED) is 0.911. The van der Waals surface area contributed by atoms with Gasteiger partial charge in [0, 0.05) is 6.04 Å². The van der Waals surface area contributed by atoms with E-state index in [1.165, 1.54) is 6.07 Å². The summed E-state index contributed by atoms with van der Waals surface area (Å²) in [6.45, 7) is 8.39. The summed E-state index contributed by atoms with van der Waals surface area (Å²) in [5, 5.41) is 0. The molecule has 1 aromatic heterocycles. The minimum atomic E-state index is -0.283. The van der Waals surface area contributed by atoms with Crippen LogP contribution in [0.3, 0.4) is 0 Å². The van der Waals surface area contributed by atoms with E-state index in [1.807, 2.05) is 10.6 Å². The van der Waals surface area contributed by atoms with Gasteiger partial charge in [-0.05, 0) is 38.3 Å². The molecule has 19 heavy (non-hydrogen) atoms. The van der Waals surface area contributed by atoms with Crippen molar-refractivity contribution in [3.05, 3.63) is 29.8 Å². The fourth-order valence-corrected chi connectivity index (χ4v) is 2.52. The molecule has 1 unspecified atom stereocenters. The summed E-state index contributed by atoms with van der Waals surface area (Å²) in [5.74, 6) is 0.985. The number of aromatic nitrogens is 2. The average Bonchev–Trinajstić information content (AvgIpc) is 2.68. The lowest BCUT2D eigenvalue weighted by molar-refractivity contribution is 0.463. The Morgan fingerprint density at radius 2 is 1.95 bits per heavy atom. The zero-order valence-electron chi connectivity index (χ0n) is 12.0. The molecular weight excluding hydrogens is 241 g/mol. The number of rotatable bonds is 4. The molecule has 0 aliphatic heterocycles. The Morgan fingerprint density at radius 1 is 1.26 bits per heavy atom. The van der Waals surface area contributed by atoms with E-state index >= 15 is 0 Å². The fourth-order valence-electron chi connectivity index (χ4n) is 2.52. The number of benzene rings is 1. The molecule has 1 heterocycles. The van der Waals surface area contributed by atoms with E-state index in [9.17, 15) is 4.39 Å². The van der Waals surface area contributed by atoms with Crippen molar-refractivity contribution in [2.24, 2.45) is 11.7 Å². The van der Waals surface area contributed by atoms with Gasteiger partial charge >= 0.3 is 0 Å². The van der Waals surface area contributed by atoms with Crippen LogP contribution in [0.25, 0.3) is 11.0 Å². The maximum atomic E-state index is 13.9. The zero-order chi connectivity index (χ0) is 14.2. The number of fused-ring (bicyclic) bond motifs is 1. The number of para-hydroxylation sites is 1. The number of nitrogens with two attached hydrogens (primary N) is 1. The van der Waals surface area contributed by atoms with Crippen molar-refractivity contribution in [1.82, 2.24) is 9.55 Å². The molecule has 2 aromatic rings. The van der Waals surface area contributed by atoms with Gasteiger partial charge in [-0.15, -0.1) is 0 Å². The highest BCUT2D eigenvalue weighted by Crippen LogP contribution is 2.28. The molecule has 0 amide bonds. The Labute approximate surface area is 113 Å². The van der Waals surface area contributed by atoms with Crippen LogP contribution >= 0.6 is 0 Å². The van der Waals surface area contributed by atoms with E-state index < -0.39 is 0 Å². The second-order valence-electron chi connectivity index (χ2n) is 5.78. The standard InChI is InChI=1S/C15H22FN3/c1-9(2)8-12(17)15-18-14-11(16)6-5-7-13(14)19(15)10(3)4/h5-7,9-10,12H,8,17H2,1-4H3. The first-order valence-corrected chi connectivity index (χ1v) is 6.83. The first-order valence-electron chi connectivity index (χ1n) is 6.83. The number of nitrogens with zero attached hydrogens (tertiary/aromatic N) is 2. The Bertz CT molecular complexity index is 572. The molecule has 2 rings (SSSR count). The first-order chi connectivity index (χ1) is 8.91. The lowest BCUT2D eigenvalue weighted by atomic mass is 10.0. The largest absolute Gasteiger partial charge is 0.324 e. The third-order valence-electron chi connectivity index (χ3n) is 3.27. The van der Waals surface area contributed by atoms with Crippen LogP contribution in [0.2, 0.25) is 0 Å². The Morgan fingerprint density at radius 3 is 2.53 bits per heavy atom. The van der Waals surface area contributed by atoms with E-state index in [2.05, 4.69) is 32.7 Å². The highest BCUT2D eigenvalue weighted by atomic mass is 19.1. The van der Waals surface area contributed by atoms with Crippen molar-refractivity contribution >= 4 is 11.0 Å². The Hall–Kier alpha value is -1.42. The van der Waals surface area contributed by atoms with Crippen LogP contribution in [0.15, 0.2) is 18.2 Å². The molecule has 0 bridgehead atoms. The van der Waals surface area contributed by atoms with Gasteiger partial charge in [0.15, 0.2) is 5.82 Å². The zero-order valence-corrected chi connectivity index (χ0v) is 12.0. The van der Waals surface area contributed by atoms with Crippen molar-refractivity contribution in [2.75, 3.05) is 0 Å². The molecular formula is C15H22FN3. The van der Waals surface area contributed by atoms with E-state index in [0.29, 0.717) is 11.4 Å². The summed E-state index contributed by atoms with van der Waals surface area (Å²) in [4.78, 5) is 4.45. The third kappa shape index (κ3) is 2.63. The van der Waals surface area contributed by atoms with Gasteiger partial charge in [-0.25, -0.2) is 9.37 Å². The minimum Gasteiger partial charge on any atom is -0.324 e. The summed E-state index contributed by atoms with van der Waals surface area (Å²) in [6, 6.07) is 5.11. The number of hydrogen-bond acceptors (Lipinski definition) is 2. The van der Waals surface area contributed by atoms with Crippen molar-refractivity contribution < 1.29 is 4.39 Å².